The molecular weight excluding hydrogens is 398 g/mol. The van der Waals surface area contributed by atoms with E-state index in [2.05, 4.69) is 10.3 Å². The SMILES string of the molecule is N#Cc1c(-c2cn(Cc3ccccc3)nn2)cc(-c2ccc(F)cc2F)c(C#N)c1N. The first kappa shape index (κ1) is 19.7. The molecule has 4 aromatic rings. The van der Waals surface area contributed by atoms with Crippen LogP contribution in [0.3, 0.4) is 0 Å². The van der Waals surface area contributed by atoms with Gasteiger partial charge in [0.1, 0.15) is 29.5 Å². The number of nitrogens with zero attached hydrogens (tertiary/aromatic N) is 5. The first-order chi connectivity index (χ1) is 15.0. The normalized spacial score (nSPS) is 10.5. The van der Waals surface area contributed by atoms with Gasteiger partial charge in [-0.1, -0.05) is 35.5 Å². The number of nitrogens with two attached hydrogens (primary N) is 1. The van der Waals surface area contributed by atoms with Gasteiger partial charge in [0.2, 0.25) is 0 Å². The van der Waals surface area contributed by atoms with E-state index in [0.29, 0.717) is 17.8 Å². The molecule has 31 heavy (non-hydrogen) atoms. The number of aromatic nitrogens is 3. The van der Waals surface area contributed by atoms with Crippen LogP contribution < -0.4 is 5.73 Å². The van der Waals surface area contributed by atoms with Crippen molar-refractivity contribution < 1.29 is 8.78 Å². The van der Waals surface area contributed by atoms with E-state index >= 15 is 0 Å². The van der Waals surface area contributed by atoms with Crippen LogP contribution in [0.2, 0.25) is 0 Å². The summed E-state index contributed by atoms with van der Waals surface area (Å²) in [5.74, 6) is -1.59. The highest BCUT2D eigenvalue weighted by atomic mass is 19.1. The Hall–Kier alpha value is -4.56. The molecule has 4 rings (SSSR count). The highest BCUT2D eigenvalue weighted by molar-refractivity contribution is 5.88. The Balaban J connectivity index is 1.86. The standard InChI is InChI=1S/C23H14F2N6/c24-15-6-7-16(21(25)8-15)17-9-18(20(11-27)23(28)19(17)10-26)22-13-31(30-29-22)12-14-4-2-1-3-5-14/h1-9,13H,12,28H2. The van der Waals surface area contributed by atoms with E-state index in [-0.39, 0.29) is 27.9 Å². The van der Waals surface area contributed by atoms with Gasteiger partial charge in [0, 0.05) is 22.8 Å². The van der Waals surface area contributed by atoms with Gasteiger partial charge in [0.05, 0.1) is 29.6 Å². The molecule has 0 saturated heterocycles. The number of halogens is 2. The van der Waals surface area contributed by atoms with Crippen LogP contribution in [0.15, 0.2) is 60.8 Å². The largest absolute Gasteiger partial charge is 0.397 e. The Kier molecular flexibility index (Phi) is 5.13. The lowest BCUT2D eigenvalue weighted by Crippen LogP contribution is -2.02. The van der Waals surface area contributed by atoms with Crippen molar-refractivity contribution >= 4 is 5.69 Å². The Morgan fingerprint density at radius 1 is 0.903 bits per heavy atom. The van der Waals surface area contributed by atoms with Crippen molar-refractivity contribution in [2.45, 2.75) is 6.54 Å². The van der Waals surface area contributed by atoms with Crippen LogP contribution in [0.1, 0.15) is 16.7 Å². The van der Waals surface area contributed by atoms with Gasteiger partial charge in [-0.3, -0.25) is 0 Å². The summed E-state index contributed by atoms with van der Waals surface area (Å²) in [5, 5.41) is 27.5. The minimum absolute atomic E-state index is 0.00735. The van der Waals surface area contributed by atoms with E-state index < -0.39 is 11.6 Å². The van der Waals surface area contributed by atoms with Crippen LogP contribution in [0.4, 0.5) is 14.5 Å². The molecule has 6 nitrogen and oxygen atoms in total. The lowest BCUT2D eigenvalue weighted by atomic mass is 9.91. The zero-order valence-electron chi connectivity index (χ0n) is 16.0. The van der Waals surface area contributed by atoms with E-state index in [0.717, 1.165) is 17.7 Å². The average Bonchev–Trinajstić information content (AvgIpc) is 3.22. The van der Waals surface area contributed by atoms with Gasteiger partial charge in [0.15, 0.2) is 0 Å². The molecule has 1 heterocycles. The quantitative estimate of drug-likeness (QED) is 0.504. The second kappa shape index (κ2) is 8.05. The van der Waals surface area contributed by atoms with Crippen molar-refractivity contribution in [3.05, 3.63) is 89.1 Å². The summed E-state index contributed by atoms with van der Waals surface area (Å²) in [6, 6.07) is 18.0. The van der Waals surface area contributed by atoms with Crippen molar-refractivity contribution in [1.29, 1.82) is 10.5 Å². The fourth-order valence-electron chi connectivity index (χ4n) is 3.34. The summed E-state index contributed by atoms with van der Waals surface area (Å²) < 4.78 is 29.4. The minimum Gasteiger partial charge on any atom is -0.397 e. The summed E-state index contributed by atoms with van der Waals surface area (Å²) in [6.45, 7) is 0.459. The maximum atomic E-state index is 14.5. The second-order valence-electron chi connectivity index (χ2n) is 6.77. The van der Waals surface area contributed by atoms with Crippen LogP contribution in [-0.4, -0.2) is 15.0 Å². The maximum absolute atomic E-state index is 14.5. The third kappa shape index (κ3) is 3.70. The molecule has 150 valence electrons. The van der Waals surface area contributed by atoms with Gasteiger partial charge in [-0.25, -0.2) is 13.5 Å². The monoisotopic (exact) mass is 412 g/mol. The molecule has 0 aliphatic carbocycles. The summed E-state index contributed by atoms with van der Waals surface area (Å²) in [6.07, 6.45) is 1.64. The van der Waals surface area contributed by atoms with Crippen LogP contribution in [0.25, 0.3) is 22.4 Å². The Morgan fingerprint density at radius 2 is 1.61 bits per heavy atom. The molecule has 2 N–H and O–H groups in total. The van der Waals surface area contributed by atoms with Crippen LogP contribution in [0.5, 0.6) is 0 Å². The highest BCUT2D eigenvalue weighted by Gasteiger charge is 2.21. The summed E-state index contributed by atoms with van der Waals surface area (Å²) in [5.41, 5.74) is 7.75. The van der Waals surface area contributed by atoms with Gasteiger partial charge >= 0.3 is 0 Å². The molecule has 1 aromatic heterocycles. The van der Waals surface area contributed by atoms with Gasteiger partial charge in [-0.05, 0) is 23.8 Å². The molecule has 8 heteroatoms. The molecule has 0 saturated carbocycles. The summed E-state index contributed by atoms with van der Waals surface area (Å²) in [7, 11) is 0. The predicted molar refractivity (Wildman–Crippen MR) is 110 cm³/mol. The molecule has 0 aliphatic heterocycles. The second-order valence-corrected chi connectivity index (χ2v) is 6.77. The number of hydrogen-bond acceptors (Lipinski definition) is 5. The zero-order valence-corrected chi connectivity index (χ0v) is 16.0. The van der Waals surface area contributed by atoms with Crippen LogP contribution >= 0.6 is 0 Å². The first-order valence-electron chi connectivity index (χ1n) is 9.18. The molecule has 0 radical (unpaired) electrons. The number of benzene rings is 3. The molecule has 0 aliphatic rings. The maximum Gasteiger partial charge on any atom is 0.133 e. The number of nitriles is 2. The molecule has 3 aromatic carbocycles. The van der Waals surface area contributed by atoms with Gasteiger partial charge in [0.25, 0.3) is 0 Å². The number of nitrogen functional groups attached to an aromatic ring is 1. The Morgan fingerprint density at radius 3 is 2.29 bits per heavy atom. The highest BCUT2D eigenvalue weighted by Crippen LogP contribution is 2.37. The van der Waals surface area contributed by atoms with E-state index in [1.807, 2.05) is 42.5 Å². The van der Waals surface area contributed by atoms with E-state index in [1.54, 1.807) is 10.9 Å². The van der Waals surface area contributed by atoms with Gasteiger partial charge in [-0.2, -0.15) is 10.5 Å². The molecule has 0 unspecified atom stereocenters. The molecule has 0 amide bonds. The van der Waals surface area contributed by atoms with E-state index in [1.165, 1.54) is 12.1 Å². The predicted octanol–water partition coefficient (Wildman–Crippen LogP) is 4.26. The smallest absolute Gasteiger partial charge is 0.133 e. The first-order valence-corrected chi connectivity index (χ1v) is 9.18. The zero-order chi connectivity index (χ0) is 22.0. The average molecular weight is 412 g/mol. The fraction of sp³-hybridized carbons (Fsp3) is 0.0435. The molecule has 0 fully saturated rings. The van der Waals surface area contributed by atoms with Crippen molar-refractivity contribution in [2.24, 2.45) is 0 Å². The molecule has 0 bridgehead atoms. The van der Waals surface area contributed by atoms with E-state index in [4.69, 9.17) is 5.73 Å². The molecular formula is C23H14F2N6. The fourth-order valence-corrected chi connectivity index (χ4v) is 3.34. The number of rotatable bonds is 4. The van der Waals surface area contributed by atoms with Gasteiger partial charge in [-0.15, -0.1) is 5.10 Å². The topological polar surface area (TPSA) is 104 Å². The lowest BCUT2D eigenvalue weighted by Gasteiger charge is -2.13. The van der Waals surface area contributed by atoms with Crippen molar-refractivity contribution in [3.63, 3.8) is 0 Å². The third-order valence-electron chi connectivity index (χ3n) is 4.81. The molecule has 0 spiro atoms. The van der Waals surface area contributed by atoms with E-state index in [9.17, 15) is 19.3 Å². The number of hydrogen-bond donors (Lipinski definition) is 1. The Bertz CT molecular complexity index is 1360. The van der Waals surface area contributed by atoms with Crippen molar-refractivity contribution in [1.82, 2.24) is 15.0 Å². The van der Waals surface area contributed by atoms with Crippen molar-refractivity contribution in [3.8, 4) is 34.5 Å². The summed E-state index contributed by atoms with van der Waals surface area (Å²) >= 11 is 0. The lowest BCUT2D eigenvalue weighted by molar-refractivity contribution is 0.585. The van der Waals surface area contributed by atoms with Crippen molar-refractivity contribution in [2.75, 3.05) is 5.73 Å². The third-order valence-corrected chi connectivity index (χ3v) is 4.81. The van der Waals surface area contributed by atoms with Gasteiger partial charge < -0.3 is 5.73 Å². The van der Waals surface area contributed by atoms with Crippen LogP contribution in [0, 0.1) is 34.3 Å². The van der Waals surface area contributed by atoms with Crippen LogP contribution in [-0.2, 0) is 6.54 Å². The summed E-state index contributed by atoms with van der Waals surface area (Å²) in [4.78, 5) is 0. The number of anilines is 1. The minimum atomic E-state index is -0.848. The Labute approximate surface area is 176 Å². The molecule has 0 atom stereocenters.